The van der Waals surface area contributed by atoms with Gasteiger partial charge in [-0.1, -0.05) is 20.8 Å². The maximum absolute atomic E-state index is 11.9. The van der Waals surface area contributed by atoms with Gasteiger partial charge in [0.25, 0.3) is 0 Å². The Labute approximate surface area is 149 Å². The van der Waals surface area contributed by atoms with Crippen LogP contribution in [0.5, 0.6) is 0 Å². The normalized spacial score (nSPS) is 15.5. The molecule has 0 rings (SSSR count). The second kappa shape index (κ2) is 12.6. The molecule has 0 aromatic carbocycles. The van der Waals surface area contributed by atoms with Crippen LogP contribution in [0, 0.1) is 5.92 Å². The molecule has 3 N–H and O–H groups in total. The summed E-state index contributed by atoms with van der Waals surface area (Å²) in [6, 6.07) is -0.247. The van der Waals surface area contributed by atoms with E-state index in [9.17, 15) is 4.79 Å². The first kappa shape index (κ1) is 23.3. The molecule has 0 saturated heterocycles. The molecule has 0 aromatic rings. The molecule has 0 saturated carbocycles. The lowest BCUT2D eigenvalue weighted by Crippen LogP contribution is -2.56. The molecular weight excluding hydrogens is 304 g/mol. The Morgan fingerprint density at radius 1 is 1.17 bits per heavy atom. The molecule has 6 nitrogen and oxygen atoms in total. The number of carbonyl (C=O) groups excluding carboxylic acids is 1. The van der Waals surface area contributed by atoms with E-state index < -0.39 is 0 Å². The topological polar surface area (TPSA) is 65.6 Å². The Balaban J connectivity index is 4.98. The molecule has 0 amide bonds. The Bertz CT molecular complexity index is 339. The fourth-order valence-corrected chi connectivity index (χ4v) is 3.26. The summed E-state index contributed by atoms with van der Waals surface area (Å²) in [6.45, 7) is 10.0. The van der Waals surface area contributed by atoms with Gasteiger partial charge in [-0.25, -0.2) is 0 Å². The van der Waals surface area contributed by atoms with Crippen LogP contribution < -0.4 is 16.0 Å². The number of hydrogen-bond acceptors (Lipinski definition) is 6. The molecule has 0 aliphatic heterocycles. The molecule has 6 heteroatoms. The molecule has 24 heavy (non-hydrogen) atoms. The minimum Gasteiger partial charge on any atom is -0.468 e. The number of methoxy groups -OCH3 is 1. The maximum Gasteiger partial charge on any atom is 0.323 e. The number of carbonyl (C=O) groups is 1. The summed E-state index contributed by atoms with van der Waals surface area (Å²) < 4.78 is 4.92. The van der Waals surface area contributed by atoms with Crippen molar-refractivity contribution in [3.63, 3.8) is 0 Å². The largest absolute Gasteiger partial charge is 0.468 e. The van der Waals surface area contributed by atoms with Gasteiger partial charge in [-0.2, -0.15) is 0 Å². The molecule has 0 spiro atoms. The lowest BCUT2D eigenvalue weighted by atomic mass is 9.88. The number of nitrogens with zero attached hydrogens (tertiary/aromatic N) is 1. The predicted octanol–water partition coefficient (Wildman–Crippen LogP) is 1.07. The zero-order chi connectivity index (χ0) is 18.6. The van der Waals surface area contributed by atoms with E-state index in [1.54, 1.807) is 0 Å². The molecule has 0 aliphatic rings. The molecular formula is C18H40N4O2. The summed E-state index contributed by atoms with van der Waals surface area (Å²) in [5.74, 6) is 0.0307. The highest BCUT2D eigenvalue weighted by Crippen LogP contribution is 2.22. The van der Waals surface area contributed by atoms with Crippen molar-refractivity contribution in [1.82, 2.24) is 20.9 Å². The van der Waals surface area contributed by atoms with E-state index in [4.69, 9.17) is 4.74 Å². The summed E-state index contributed by atoms with van der Waals surface area (Å²) in [7, 11) is 7.66. The first-order chi connectivity index (χ1) is 11.4. The van der Waals surface area contributed by atoms with Gasteiger partial charge in [0.05, 0.1) is 7.11 Å². The summed E-state index contributed by atoms with van der Waals surface area (Å²) in [5, 5.41) is 10.0. The minimum atomic E-state index is -0.247. The molecule has 0 bridgehead atoms. The first-order valence-electron chi connectivity index (χ1n) is 9.20. The third-order valence-corrected chi connectivity index (χ3v) is 4.79. The van der Waals surface area contributed by atoms with Crippen LogP contribution >= 0.6 is 0 Å². The predicted molar refractivity (Wildman–Crippen MR) is 101 cm³/mol. The van der Waals surface area contributed by atoms with Crippen molar-refractivity contribution in [2.75, 3.05) is 54.4 Å². The maximum atomic E-state index is 11.9. The Kier molecular flexibility index (Phi) is 12.3. The minimum absolute atomic E-state index is 0.0679. The third-order valence-electron chi connectivity index (χ3n) is 4.79. The van der Waals surface area contributed by atoms with Gasteiger partial charge in [0.2, 0.25) is 0 Å². The standard InChI is InChI=1S/C18H40N4O2/c1-8-13-22(6)18(14-20-5,9-11-19-4)10-12-21-16(15(2)3)17(23)24-7/h15-16,19-21H,8-14H2,1-7H3. The number of hydrogen-bond donors (Lipinski definition) is 3. The van der Waals surface area contributed by atoms with E-state index in [0.29, 0.717) is 0 Å². The van der Waals surface area contributed by atoms with Crippen LogP contribution in [0.2, 0.25) is 0 Å². The van der Waals surface area contributed by atoms with Gasteiger partial charge in [-0.15, -0.1) is 0 Å². The number of rotatable bonds is 14. The highest BCUT2D eigenvalue weighted by molar-refractivity contribution is 5.75. The van der Waals surface area contributed by atoms with E-state index in [1.807, 2.05) is 27.9 Å². The van der Waals surface area contributed by atoms with Crippen molar-refractivity contribution in [1.29, 1.82) is 0 Å². The second-order valence-corrected chi connectivity index (χ2v) is 6.98. The van der Waals surface area contributed by atoms with Gasteiger partial charge >= 0.3 is 5.97 Å². The van der Waals surface area contributed by atoms with Crippen LogP contribution in [-0.2, 0) is 9.53 Å². The summed E-state index contributed by atoms with van der Waals surface area (Å²) in [6.07, 6.45) is 3.17. The fourth-order valence-electron chi connectivity index (χ4n) is 3.26. The van der Waals surface area contributed by atoms with E-state index in [1.165, 1.54) is 7.11 Å². The van der Waals surface area contributed by atoms with Gasteiger partial charge in [-0.3, -0.25) is 9.69 Å². The highest BCUT2D eigenvalue weighted by atomic mass is 16.5. The molecule has 0 fully saturated rings. The second-order valence-electron chi connectivity index (χ2n) is 6.98. The SMILES string of the molecule is CCCN(C)C(CCNC)(CCNC(C(=O)OC)C(C)C)CNC. The van der Waals surface area contributed by atoms with Crippen molar-refractivity contribution < 1.29 is 9.53 Å². The third kappa shape index (κ3) is 7.47. The molecule has 144 valence electrons. The van der Waals surface area contributed by atoms with Crippen LogP contribution in [0.25, 0.3) is 0 Å². The van der Waals surface area contributed by atoms with Crippen molar-refractivity contribution in [3.8, 4) is 0 Å². The number of esters is 1. The van der Waals surface area contributed by atoms with Crippen molar-refractivity contribution >= 4 is 5.97 Å². The van der Waals surface area contributed by atoms with Crippen molar-refractivity contribution in [2.45, 2.75) is 51.6 Å². The lowest BCUT2D eigenvalue weighted by Gasteiger charge is -2.43. The quantitative estimate of drug-likeness (QED) is 0.410. The fraction of sp³-hybridized carbons (Fsp3) is 0.944. The Hall–Kier alpha value is -0.690. The molecule has 0 heterocycles. The van der Waals surface area contributed by atoms with Crippen LogP contribution in [0.3, 0.4) is 0 Å². The zero-order valence-corrected chi connectivity index (χ0v) is 16.9. The van der Waals surface area contributed by atoms with E-state index in [0.717, 1.165) is 45.4 Å². The van der Waals surface area contributed by atoms with E-state index in [2.05, 4.69) is 34.8 Å². The monoisotopic (exact) mass is 344 g/mol. The van der Waals surface area contributed by atoms with Crippen molar-refractivity contribution in [3.05, 3.63) is 0 Å². The van der Waals surface area contributed by atoms with Crippen LogP contribution in [0.1, 0.15) is 40.0 Å². The van der Waals surface area contributed by atoms with Gasteiger partial charge in [0, 0.05) is 12.1 Å². The van der Waals surface area contributed by atoms with E-state index in [-0.39, 0.29) is 23.5 Å². The van der Waals surface area contributed by atoms with E-state index >= 15 is 0 Å². The average molecular weight is 345 g/mol. The Morgan fingerprint density at radius 3 is 2.25 bits per heavy atom. The highest BCUT2D eigenvalue weighted by Gasteiger charge is 2.33. The number of nitrogens with one attached hydrogen (secondary N) is 3. The average Bonchev–Trinajstić information content (AvgIpc) is 2.55. The summed E-state index contributed by atoms with van der Waals surface area (Å²) in [4.78, 5) is 14.4. The van der Waals surface area contributed by atoms with Crippen LogP contribution in [0.15, 0.2) is 0 Å². The molecule has 0 aliphatic carbocycles. The van der Waals surface area contributed by atoms with Crippen molar-refractivity contribution in [2.24, 2.45) is 5.92 Å². The zero-order valence-electron chi connectivity index (χ0n) is 16.9. The molecule has 2 unspecified atom stereocenters. The van der Waals surface area contributed by atoms with Gasteiger partial charge in [-0.05, 0) is 66.0 Å². The van der Waals surface area contributed by atoms with Gasteiger partial charge in [0.1, 0.15) is 6.04 Å². The number of ether oxygens (including phenoxy) is 1. The Morgan fingerprint density at radius 2 is 1.79 bits per heavy atom. The molecule has 2 atom stereocenters. The van der Waals surface area contributed by atoms with Crippen LogP contribution in [0.4, 0.5) is 0 Å². The smallest absolute Gasteiger partial charge is 0.323 e. The lowest BCUT2D eigenvalue weighted by molar-refractivity contribution is -0.144. The summed E-state index contributed by atoms with van der Waals surface area (Å²) >= 11 is 0. The molecule has 0 radical (unpaired) electrons. The molecule has 0 aromatic heterocycles. The van der Waals surface area contributed by atoms with Gasteiger partial charge < -0.3 is 20.7 Å². The van der Waals surface area contributed by atoms with Gasteiger partial charge in [0.15, 0.2) is 0 Å². The summed E-state index contributed by atoms with van der Waals surface area (Å²) in [5.41, 5.74) is 0.0679. The van der Waals surface area contributed by atoms with Crippen LogP contribution in [-0.4, -0.2) is 76.9 Å². The number of likely N-dealkylation sites (N-methyl/N-ethyl adjacent to an activating group) is 2. The first-order valence-corrected chi connectivity index (χ1v) is 9.20.